The molecule has 1 aliphatic rings. The standard InChI is InChI=1S/C14H18N2O2/c1-10-16-13-8-12(2-3-14(13)18-10)17-9-11-4-6-15-7-5-11/h2-3,8,11,15H,4-7,9H2,1H3. The average Bonchev–Trinajstić information content (AvgIpc) is 2.77. The Kier molecular flexibility index (Phi) is 3.19. The van der Waals surface area contributed by atoms with Gasteiger partial charge in [-0.05, 0) is 44.0 Å². The predicted octanol–water partition coefficient (Wildman–Crippen LogP) is 2.51. The minimum atomic E-state index is 0.668. The van der Waals surface area contributed by atoms with Crippen LogP contribution in [-0.2, 0) is 0 Å². The Morgan fingerprint density at radius 1 is 1.39 bits per heavy atom. The van der Waals surface area contributed by atoms with Crippen LogP contribution in [0.25, 0.3) is 11.1 Å². The molecule has 96 valence electrons. The normalized spacial score (nSPS) is 17.2. The molecule has 1 N–H and O–H groups in total. The van der Waals surface area contributed by atoms with Crippen molar-refractivity contribution < 1.29 is 9.15 Å². The molecule has 0 aliphatic carbocycles. The maximum Gasteiger partial charge on any atom is 0.192 e. The van der Waals surface area contributed by atoms with Crippen LogP contribution in [0.2, 0.25) is 0 Å². The number of benzene rings is 1. The molecule has 0 spiro atoms. The molecule has 0 bridgehead atoms. The lowest BCUT2D eigenvalue weighted by Crippen LogP contribution is -2.30. The van der Waals surface area contributed by atoms with Crippen molar-refractivity contribution in [3.8, 4) is 5.75 Å². The zero-order chi connectivity index (χ0) is 12.4. The summed E-state index contributed by atoms with van der Waals surface area (Å²) in [6, 6.07) is 5.83. The summed E-state index contributed by atoms with van der Waals surface area (Å²) in [7, 11) is 0. The van der Waals surface area contributed by atoms with Crippen LogP contribution >= 0.6 is 0 Å². The van der Waals surface area contributed by atoms with Crippen molar-refractivity contribution in [2.24, 2.45) is 5.92 Å². The van der Waals surface area contributed by atoms with Crippen molar-refractivity contribution in [1.82, 2.24) is 10.3 Å². The molecule has 4 nitrogen and oxygen atoms in total. The van der Waals surface area contributed by atoms with Gasteiger partial charge in [-0.1, -0.05) is 0 Å². The van der Waals surface area contributed by atoms with Crippen LogP contribution in [0, 0.1) is 12.8 Å². The highest BCUT2D eigenvalue weighted by atomic mass is 16.5. The Morgan fingerprint density at radius 3 is 3.06 bits per heavy atom. The number of oxazole rings is 1. The van der Waals surface area contributed by atoms with E-state index in [1.54, 1.807) is 0 Å². The Morgan fingerprint density at radius 2 is 2.22 bits per heavy atom. The van der Waals surface area contributed by atoms with Gasteiger partial charge in [0, 0.05) is 13.0 Å². The van der Waals surface area contributed by atoms with E-state index in [4.69, 9.17) is 9.15 Å². The molecule has 1 fully saturated rings. The van der Waals surface area contributed by atoms with E-state index >= 15 is 0 Å². The number of hydrogen-bond donors (Lipinski definition) is 1. The first kappa shape index (κ1) is 11.5. The molecule has 1 aromatic carbocycles. The van der Waals surface area contributed by atoms with E-state index in [0.29, 0.717) is 11.8 Å². The largest absolute Gasteiger partial charge is 0.493 e. The monoisotopic (exact) mass is 246 g/mol. The minimum absolute atomic E-state index is 0.668. The summed E-state index contributed by atoms with van der Waals surface area (Å²) in [4.78, 5) is 4.31. The van der Waals surface area contributed by atoms with Gasteiger partial charge in [0.15, 0.2) is 11.5 Å². The van der Waals surface area contributed by atoms with Crippen molar-refractivity contribution in [2.45, 2.75) is 19.8 Å². The van der Waals surface area contributed by atoms with Gasteiger partial charge in [-0.15, -0.1) is 0 Å². The van der Waals surface area contributed by atoms with Crippen LogP contribution in [0.15, 0.2) is 22.6 Å². The molecular formula is C14H18N2O2. The Balaban J connectivity index is 1.66. The number of hydrogen-bond acceptors (Lipinski definition) is 4. The molecule has 1 aromatic heterocycles. The summed E-state index contributed by atoms with van der Waals surface area (Å²) < 4.78 is 11.3. The molecule has 1 saturated heterocycles. The van der Waals surface area contributed by atoms with Crippen molar-refractivity contribution in [2.75, 3.05) is 19.7 Å². The van der Waals surface area contributed by atoms with Gasteiger partial charge in [-0.2, -0.15) is 0 Å². The quantitative estimate of drug-likeness (QED) is 0.904. The molecule has 0 atom stereocenters. The summed E-state index contributed by atoms with van der Waals surface area (Å²) in [5.74, 6) is 2.25. The van der Waals surface area contributed by atoms with Crippen LogP contribution in [0.3, 0.4) is 0 Å². The Labute approximate surface area is 106 Å². The minimum Gasteiger partial charge on any atom is -0.493 e. The van der Waals surface area contributed by atoms with E-state index in [1.165, 1.54) is 12.8 Å². The third-order valence-electron chi connectivity index (χ3n) is 3.41. The smallest absolute Gasteiger partial charge is 0.192 e. The van der Waals surface area contributed by atoms with E-state index in [-0.39, 0.29) is 0 Å². The second-order valence-electron chi connectivity index (χ2n) is 4.87. The number of ether oxygens (including phenoxy) is 1. The molecule has 0 radical (unpaired) electrons. The summed E-state index contributed by atoms with van der Waals surface area (Å²) in [5, 5.41) is 3.36. The van der Waals surface area contributed by atoms with Crippen LogP contribution in [-0.4, -0.2) is 24.7 Å². The molecule has 0 unspecified atom stereocenters. The maximum absolute atomic E-state index is 5.85. The molecule has 1 aliphatic heterocycles. The van der Waals surface area contributed by atoms with E-state index in [9.17, 15) is 0 Å². The average molecular weight is 246 g/mol. The topological polar surface area (TPSA) is 47.3 Å². The first-order valence-electron chi connectivity index (χ1n) is 6.52. The van der Waals surface area contributed by atoms with Crippen LogP contribution in [0.4, 0.5) is 0 Å². The van der Waals surface area contributed by atoms with E-state index < -0.39 is 0 Å². The van der Waals surface area contributed by atoms with Crippen molar-refractivity contribution in [1.29, 1.82) is 0 Å². The number of nitrogens with one attached hydrogen (secondary N) is 1. The fourth-order valence-corrected chi connectivity index (χ4v) is 2.37. The third kappa shape index (κ3) is 2.48. The fourth-order valence-electron chi connectivity index (χ4n) is 2.37. The first-order chi connectivity index (χ1) is 8.81. The molecule has 3 rings (SSSR count). The molecule has 0 saturated carbocycles. The number of rotatable bonds is 3. The highest BCUT2D eigenvalue weighted by Gasteiger charge is 2.13. The summed E-state index contributed by atoms with van der Waals surface area (Å²) >= 11 is 0. The second-order valence-corrected chi connectivity index (χ2v) is 4.87. The van der Waals surface area contributed by atoms with E-state index in [2.05, 4.69) is 10.3 Å². The SMILES string of the molecule is Cc1nc2cc(OCC3CCNCC3)ccc2o1. The van der Waals surface area contributed by atoms with Crippen LogP contribution in [0.5, 0.6) is 5.75 Å². The van der Waals surface area contributed by atoms with Crippen molar-refractivity contribution >= 4 is 11.1 Å². The Bertz CT molecular complexity index is 530. The van der Waals surface area contributed by atoms with Gasteiger partial charge >= 0.3 is 0 Å². The van der Waals surface area contributed by atoms with Gasteiger partial charge in [0.2, 0.25) is 0 Å². The van der Waals surface area contributed by atoms with Crippen LogP contribution < -0.4 is 10.1 Å². The van der Waals surface area contributed by atoms with Gasteiger partial charge in [0.05, 0.1) is 6.61 Å². The highest BCUT2D eigenvalue weighted by molar-refractivity contribution is 5.74. The van der Waals surface area contributed by atoms with Crippen LogP contribution in [0.1, 0.15) is 18.7 Å². The first-order valence-corrected chi connectivity index (χ1v) is 6.52. The van der Waals surface area contributed by atoms with Gasteiger partial charge < -0.3 is 14.5 Å². The van der Waals surface area contributed by atoms with E-state index in [1.807, 2.05) is 25.1 Å². The van der Waals surface area contributed by atoms with Gasteiger partial charge in [-0.25, -0.2) is 4.98 Å². The van der Waals surface area contributed by atoms with Gasteiger partial charge in [0.1, 0.15) is 11.3 Å². The molecule has 4 heteroatoms. The third-order valence-corrected chi connectivity index (χ3v) is 3.41. The van der Waals surface area contributed by atoms with Gasteiger partial charge in [-0.3, -0.25) is 0 Å². The lowest BCUT2D eigenvalue weighted by Gasteiger charge is -2.22. The second kappa shape index (κ2) is 4.98. The molecule has 18 heavy (non-hydrogen) atoms. The number of aryl methyl sites for hydroxylation is 1. The number of fused-ring (bicyclic) bond motifs is 1. The summed E-state index contributed by atoms with van der Waals surface area (Å²) in [6.45, 7) is 4.87. The Hall–Kier alpha value is -1.55. The summed E-state index contributed by atoms with van der Waals surface area (Å²) in [6.07, 6.45) is 2.40. The summed E-state index contributed by atoms with van der Waals surface area (Å²) in [5.41, 5.74) is 1.69. The molecular weight excluding hydrogens is 228 g/mol. The molecule has 0 amide bonds. The van der Waals surface area contributed by atoms with E-state index in [0.717, 1.165) is 36.5 Å². The number of nitrogens with zero attached hydrogens (tertiary/aromatic N) is 1. The molecule has 2 aromatic rings. The highest BCUT2D eigenvalue weighted by Crippen LogP contribution is 2.22. The lowest BCUT2D eigenvalue weighted by atomic mass is 9.99. The lowest BCUT2D eigenvalue weighted by molar-refractivity contribution is 0.215. The maximum atomic E-state index is 5.85. The van der Waals surface area contributed by atoms with Crippen molar-refractivity contribution in [3.05, 3.63) is 24.1 Å². The zero-order valence-electron chi connectivity index (χ0n) is 10.6. The zero-order valence-corrected chi connectivity index (χ0v) is 10.6. The number of piperidine rings is 1. The molecule has 2 heterocycles. The fraction of sp³-hybridized carbons (Fsp3) is 0.500. The van der Waals surface area contributed by atoms with Gasteiger partial charge in [0.25, 0.3) is 0 Å². The predicted molar refractivity (Wildman–Crippen MR) is 69.8 cm³/mol. The number of aromatic nitrogens is 1. The van der Waals surface area contributed by atoms with Crippen molar-refractivity contribution in [3.63, 3.8) is 0 Å².